The summed E-state index contributed by atoms with van der Waals surface area (Å²) in [5, 5.41) is 11.5. The van der Waals surface area contributed by atoms with Gasteiger partial charge in [-0.2, -0.15) is 4.99 Å². The van der Waals surface area contributed by atoms with E-state index < -0.39 is 5.25 Å². The summed E-state index contributed by atoms with van der Waals surface area (Å²) in [6.07, 6.45) is 0.00333. The summed E-state index contributed by atoms with van der Waals surface area (Å²) in [7, 11) is 0. The Labute approximate surface area is 107 Å². The van der Waals surface area contributed by atoms with Crippen molar-refractivity contribution < 1.29 is 14.7 Å². The van der Waals surface area contributed by atoms with E-state index in [0.29, 0.717) is 5.69 Å². The fraction of sp³-hybridized carbons (Fsp3) is 0.182. The first kappa shape index (κ1) is 12.4. The van der Waals surface area contributed by atoms with Gasteiger partial charge in [0.1, 0.15) is 11.0 Å². The molecule has 0 saturated heterocycles. The number of nitrogens with two attached hydrogens (primary N) is 1. The van der Waals surface area contributed by atoms with E-state index in [1.54, 1.807) is 12.1 Å². The van der Waals surface area contributed by atoms with Gasteiger partial charge in [-0.05, 0) is 12.1 Å². The van der Waals surface area contributed by atoms with Gasteiger partial charge < -0.3 is 16.2 Å². The van der Waals surface area contributed by atoms with Crippen LogP contribution in [0, 0.1) is 0 Å². The predicted octanol–water partition coefficient (Wildman–Crippen LogP) is 0.677. The molecule has 94 valence electrons. The molecule has 0 saturated carbocycles. The number of nitrogens with one attached hydrogen (secondary N) is 1. The second-order valence-corrected chi connectivity index (χ2v) is 4.92. The Bertz CT molecular complexity index is 530. The molecule has 0 spiro atoms. The Hall–Kier alpha value is -2.02. The van der Waals surface area contributed by atoms with Crippen LogP contribution in [0.1, 0.15) is 6.42 Å². The van der Waals surface area contributed by atoms with Crippen LogP contribution in [0.2, 0.25) is 0 Å². The molecule has 7 heteroatoms. The molecule has 0 aliphatic carbocycles. The van der Waals surface area contributed by atoms with E-state index in [9.17, 15) is 14.7 Å². The number of amides is 2. The lowest BCUT2D eigenvalue weighted by Crippen LogP contribution is -2.21. The van der Waals surface area contributed by atoms with Crippen LogP contribution in [-0.2, 0) is 9.59 Å². The van der Waals surface area contributed by atoms with Gasteiger partial charge in [-0.25, -0.2) is 0 Å². The number of benzene rings is 1. The average Bonchev–Trinajstić information content (AvgIpc) is 2.57. The first-order chi connectivity index (χ1) is 8.54. The molecule has 0 aromatic heterocycles. The monoisotopic (exact) mass is 265 g/mol. The lowest BCUT2D eigenvalue weighted by molar-refractivity contribution is -0.121. The minimum absolute atomic E-state index is 0.00333. The van der Waals surface area contributed by atoms with E-state index in [1.165, 1.54) is 12.1 Å². The number of carbonyl (C=O) groups excluding carboxylic acids is 2. The lowest BCUT2D eigenvalue weighted by Gasteiger charge is -2.08. The molecule has 1 aromatic carbocycles. The number of aliphatic imine (C=N–C) groups is 1. The van der Waals surface area contributed by atoms with E-state index in [-0.39, 0.29) is 29.2 Å². The second-order valence-electron chi connectivity index (χ2n) is 3.70. The predicted molar refractivity (Wildman–Crippen MR) is 69.4 cm³/mol. The van der Waals surface area contributed by atoms with E-state index >= 15 is 0 Å². The fourth-order valence-corrected chi connectivity index (χ4v) is 2.32. The van der Waals surface area contributed by atoms with Crippen LogP contribution in [0.4, 0.5) is 5.69 Å². The van der Waals surface area contributed by atoms with Gasteiger partial charge >= 0.3 is 0 Å². The molecule has 2 amide bonds. The zero-order valence-corrected chi connectivity index (χ0v) is 10.1. The number of nitrogens with zero attached hydrogens (tertiary/aromatic N) is 1. The highest BCUT2D eigenvalue weighted by Crippen LogP contribution is 2.23. The van der Waals surface area contributed by atoms with E-state index in [1.807, 2.05) is 0 Å². The zero-order valence-electron chi connectivity index (χ0n) is 9.29. The van der Waals surface area contributed by atoms with Crippen molar-refractivity contribution in [1.29, 1.82) is 0 Å². The number of carbonyl (C=O) groups is 2. The SMILES string of the molecule is NC1=NC(=O)C(CC(=O)Nc2cccc(O)c2)S1. The molecular formula is C11H11N3O3S. The van der Waals surface area contributed by atoms with E-state index in [0.717, 1.165) is 11.8 Å². The standard InChI is InChI=1S/C11H11N3O3S/c12-11-14-10(17)8(18-11)5-9(16)13-6-2-1-3-7(15)4-6/h1-4,8,15H,5H2,(H,13,16)(H2,12,14,17). The third-order valence-electron chi connectivity index (χ3n) is 2.26. The van der Waals surface area contributed by atoms with Crippen molar-refractivity contribution in [3.05, 3.63) is 24.3 Å². The molecule has 0 radical (unpaired) electrons. The molecule has 6 nitrogen and oxygen atoms in total. The molecule has 4 N–H and O–H groups in total. The Morgan fingerprint density at radius 2 is 2.33 bits per heavy atom. The molecule has 0 bridgehead atoms. The molecule has 1 aliphatic heterocycles. The minimum Gasteiger partial charge on any atom is -0.508 e. The van der Waals surface area contributed by atoms with Crippen LogP contribution in [0.15, 0.2) is 29.3 Å². The van der Waals surface area contributed by atoms with Gasteiger partial charge in [-0.1, -0.05) is 17.8 Å². The molecule has 1 heterocycles. The van der Waals surface area contributed by atoms with Crippen LogP contribution >= 0.6 is 11.8 Å². The van der Waals surface area contributed by atoms with Crippen LogP contribution in [0.3, 0.4) is 0 Å². The Morgan fingerprint density at radius 3 is 2.94 bits per heavy atom. The maximum absolute atomic E-state index is 11.7. The topological polar surface area (TPSA) is 105 Å². The Morgan fingerprint density at radius 1 is 1.56 bits per heavy atom. The molecular weight excluding hydrogens is 254 g/mol. The fourth-order valence-electron chi connectivity index (χ4n) is 1.50. The quantitative estimate of drug-likeness (QED) is 0.745. The number of thioether (sulfide) groups is 1. The van der Waals surface area contributed by atoms with Crippen molar-refractivity contribution in [2.24, 2.45) is 10.7 Å². The highest BCUT2D eigenvalue weighted by molar-refractivity contribution is 8.15. The zero-order chi connectivity index (χ0) is 13.1. The molecule has 18 heavy (non-hydrogen) atoms. The second kappa shape index (κ2) is 5.09. The molecule has 1 aliphatic rings. The van der Waals surface area contributed by atoms with Gasteiger partial charge in [0.15, 0.2) is 5.17 Å². The number of phenols is 1. The summed E-state index contributed by atoms with van der Waals surface area (Å²) < 4.78 is 0. The smallest absolute Gasteiger partial charge is 0.262 e. The molecule has 1 aromatic rings. The van der Waals surface area contributed by atoms with Gasteiger partial charge in [0.25, 0.3) is 5.91 Å². The Balaban J connectivity index is 1.92. The first-order valence-electron chi connectivity index (χ1n) is 5.18. The van der Waals surface area contributed by atoms with Crippen molar-refractivity contribution in [3.63, 3.8) is 0 Å². The van der Waals surface area contributed by atoms with Crippen molar-refractivity contribution in [1.82, 2.24) is 0 Å². The van der Waals surface area contributed by atoms with Crippen molar-refractivity contribution in [2.45, 2.75) is 11.7 Å². The maximum atomic E-state index is 11.7. The summed E-state index contributed by atoms with van der Waals surface area (Å²) in [4.78, 5) is 26.5. The number of aromatic hydroxyl groups is 1. The largest absolute Gasteiger partial charge is 0.508 e. The summed E-state index contributed by atoms with van der Waals surface area (Å²) in [5.41, 5.74) is 5.87. The number of amidine groups is 1. The number of anilines is 1. The number of hydrogen-bond acceptors (Lipinski definition) is 5. The lowest BCUT2D eigenvalue weighted by atomic mass is 10.2. The van der Waals surface area contributed by atoms with Gasteiger partial charge in [-0.3, -0.25) is 9.59 Å². The highest BCUT2D eigenvalue weighted by Gasteiger charge is 2.29. The molecule has 2 rings (SSSR count). The average molecular weight is 265 g/mol. The molecule has 0 fully saturated rings. The van der Waals surface area contributed by atoms with Crippen LogP contribution in [-0.4, -0.2) is 27.3 Å². The Kier molecular flexibility index (Phi) is 3.52. The third kappa shape index (κ3) is 3.01. The van der Waals surface area contributed by atoms with Gasteiger partial charge in [-0.15, -0.1) is 0 Å². The first-order valence-corrected chi connectivity index (χ1v) is 6.06. The highest BCUT2D eigenvalue weighted by atomic mass is 32.2. The van der Waals surface area contributed by atoms with Crippen molar-refractivity contribution in [3.8, 4) is 5.75 Å². The normalized spacial score (nSPS) is 18.6. The number of hydrogen-bond donors (Lipinski definition) is 3. The number of phenolic OH excluding ortho intramolecular Hbond substituents is 1. The molecule has 1 atom stereocenters. The maximum Gasteiger partial charge on any atom is 0.262 e. The number of rotatable bonds is 3. The van der Waals surface area contributed by atoms with E-state index in [4.69, 9.17) is 5.73 Å². The van der Waals surface area contributed by atoms with Crippen molar-refractivity contribution in [2.75, 3.05) is 5.32 Å². The summed E-state index contributed by atoms with van der Waals surface area (Å²) >= 11 is 1.08. The summed E-state index contributed by atoms with van der Waals surface area (Å²) in [5.74, 6) is -0.647. The minimum atomic E-state index is -0.553. The van der Waals surface area contributed by atoms with Crippen LogP contribution < -0.4 is 11.1 Å². The molecule has 1 unspecified atom stereocenters. The summed E-state index contributed by atoms with van der Waals surface area (Å²) in [6, 6.07) is 6.18. The van der Waals surface area contributed by atoms with Crippen molar-refractivity contribution >= 4 is 34.4 Å². The third-order valence-corrected chi connectivity index (χ3v) is 3.25. The van der Waals surface area contributed by atoms with Crippen LogP contribution in [0.5, 0.6) is 5.75 Å². The van der Waals surface area contributed by atoms with Gasteiger partial charge in [0.05, 0.1) is 0 Å². The summed E-state index contributed by atoms with van der Waals surface area (Å²) in [6.45, 7) is 0. The van der Waals surface area contributed by atoms with Gasteiger partial charge in [0, 0.05) is 18.2 Å². The van der Waals surface area contributed by atoms with Gasteiger partial charge in [0.2, 0.25) is 5.91 Å². The van der Waals surface area contributed by atoms with Crippen LogP contribution in [0.25, 0.3) is 0 Å². The van der Waals surface area contributed by atoms with E-state index in [2.05, 4.69) is 10.3 Å².